The number of benzene rings is 6. The summed E-state index contributed by atoms with van der Waals surface area (Å²) in [5.74, 6) is 0. The zero-order valence-electron chi connectivity index (χ0n) is 26.6. The highest BCUT2D eigenvalue weighted by atomic mass is 15.2. The molecule has 6 aromatic carbocycles. The summed E-state index contributed by atoms with van der Waals surface area (Å²) in [6, 6.07) is 55.4. The van der Waals surface area contributed by atoms with Crippen LogP contribution in [-0.2, 0) is 0 Å². The lowest BCUT2D eigenvalue weighted by molar-refractivity contribution is 1.14. The molecule has 1 aromatic heterocycles. The predicted octanol–water partition coefficient (Wildman–Crippen LogP) is 11.5. The van der Waals surface area contributed by atoms with Crippen molar-refractivity contribution in [1.29, 1.82) is 0 Å². The minimum atomic E-state index is 0.873. The summed E-state index contributed by atoms with van der Waals surface area (Å²) >= 11 is 0. The Hall–Kier alpha value is -6.39. The van der Waals surface area contributed by atoms with Gasteiger partial charge in [0.1, 0.15) is 6.34 Å². The third-order valence-electron chi connectivity index (χ3n) is 8.93. The molecule has 4 nitrogen and oxygen atoms in total. The first-order chi connectivity index (χ1) is 23.7. The fourth-order valence-electron chi connectivity index (χ4n) is 6.67. The third kappa shape index (κ3) is 5.29. The van der Waals surface area contributed by atoms with E-state index in [2.05, 4.69) is 163 Å². The van der Waals surface area contributed by atoms with Gasteiger partial charge in [0.2, 0.25) is 0 Å². The maximum atomic E-state index is 5.14. The molecular formula is C44H32N4. The SMILES string of the molecule is C=NC=NC1=C(C)N(c2ccc(-c3cc(-c4ccccc4)cc(-c4ccccc4)n3)cc2)c2cccc3cc(-c4ccccc4)cc1c23. The van der Waals surface area contributed by atoms with Gasteiger partial charge in [-0.15, -0.1) is 0 Å². The second-order valence-electron chi connectivity index (χ2n) is 11.9. The molecule has 0 aliphatic carbocycles. The first-order valence-electron chi connectivity index (χ1n) is 16.0. The lowest BCUT2D eigenvalue weighted by Gasteiger charge is -2.33. The summed E-state index contributed by atoms with van der Waals surface area (Å²) in [5.41, 5.74) is 13.8. The molecule has 0 fully saturated rings. The summed E-state index contributed by atoms with van der Waals surface area (Å²) in [5, 5.41) is 2.32. The van der Waals surface area contributed by atoms with E-state index in [4.69, 9.17) is 9.98 Å². The molecule has 0 radical (unpaired) electrons. The van der Waals surface area contributed by atoms with E-state index >= 15 is 0 Å². The van der Waals surface area contributed by atoms with Crippen LogP contribution < -0.4 is 4.90 Å². The molecule has 0 bridgehead atoms. The predicted molar refractivity (Wildman–Crippen MR) is 203 cm³/mol. The molecule has 7 aromatic rings. The zero-order valence-corrected chi connectivity index (χ0v) is 26.6. The van der Waals surface area contributed by atoms with Gasteiger partial charge in [0.25, 0.3) is 0 Å². The van der Waals surface area contributed by atoms with Gasteiger partial charge in [-0.1, -0.05) is 115 Å². The number of allylic oxidation sites excluding steroid dienone is 1. The van der Waals surface area contributed by atoms with Gasteiger partial charge in [0, 0.05) is 33.5 Å². The van der Waals surface area contributed by atoms with Gasteiger partial charge in [-0.2, -0.15) is 0 Å². The van der Waals surface area contributed by atoms with Gasteiger partial charge in [0.05, 0.1) is 22.8 Å². The van der Waals surface area contributed by atoms with E-state index in [1.165, 1.54) is 11.9 Å². The van der Waals surface area contributed by atoms with Crippen LogP contribution in [0.4, 0.5) is 11.4 Å². The Morgan fingerprint density at radius 2 is 1.12 bits per heavy atom. The molecule has 1 aliphatic rings. The second kappa shape index (κ2) is 12.4. The molecule has 0 unspecified atom stereocenters. The van der Waals surface area contributed by atoms with Crippen molar-refractivity contribution in [3.63, 3.8) is 0 Å². The largest absolute Gasteiger partial charge is 0.312 e. The van der Waals surface area contributed by atoms with Crippen LogP contribution in [0, 0.1) is 0 Å². The molecule has 2 heterocycles. The monoisotopic (exact) mass is 616 g/mol. The summed E-state index contributed by atoms with van der Waals surface area (Å²) in [6.07, 6.45) is 1.53. The van der Waals surface area contributed by atoms with Crippen molar-refractivity contribution in [1.82, 2.24) is 4.98 Å². The standard InChI is InChI=1S/C44H32N4/c1-30-44(46-29-45-2)39-26-36(31-13-6-3-7-14-31)25-35-19-12-20-42(43(35)39)48(30)38-23-21-34(22-24-38)41-28-37(32-15-8-4-9-16-32)27-40(47-41)33-17-10-5-11-18-33/h3-29H,2H2,1H3. The van der Waals surface area contributed by atoms with Crippen LogP contribution in [0.15, 0.2) is 173 Å². The lowest BCUT2D eigenvalue weighted by atomic mass is 9.90. The molecule has 48 heavy (non-hydrogen) atoms. The Morgan fingerprint density at radius 3 is 1.73 bits per heavy atom. The van der Waals surface area contributed by atoms with Gasteiger partial charge in [-0.3, -0.25) is 4.99 Å². The second-order valence-corrected chi connectivity index (χ2v) is 11.9. The summed E-state index contributed by atoms with van der Waals surface area (Å²) < 4.78 is 0. The van der Waals surface area contributed by atoms with Crippen LogP contribution in [0.25, 0.3) is 61.2 Å². The highest BCUT2D eigenvalue weighted by molar-refractivity contribution is 6.10. The average molecular weight is 617 g/mol. The van der Waals surface area contributed by atoms with Gasteiger partial charge in [-0.25, -0.2) is 9.98 Å². The van der Waals surface area contributed by atoms with E-state index in [-0.39, 0.29) is 0 Å². The Labute approximate surface area is 280 Å². The van der Waals surface area contributed by atoms with Crippen LogP contribution in [0.1, 0.15) is 12.5 Å². The van der Waals surface area contributed by atoms with Crippen LogP contribution in [-0.4, -0.2) is 18.0 Å². The Morgan fingerprint density at radius 1 is 0.562 bits per heavy atom. The highest BCUT2D eigenvalue weighted by Gasteiger charge is 2.26. The quantitative estimate of drug-likeness (QED) is 0.132. The molecule has 0 atom stereocenters. The van der Waals surface area contributed by atoms with Gasteiger partial charge >= 0.3 is 0 Å². The van der Waals surface area contributed by atoms with E-state index in [0.717, 1.165) is 78.3 Å². The number of hydrogen-bond acceptors (Lipinski definition) is 3. The van der Waals surface area contributed by atoms with E-state index < -0.39 is 0 Å². The normalized spacial score (nSPS) is 12.6. The van der Waals surface area contributed by atoms with Crippen molar-refractivity contribution >= 4 is 40.9 Å². The van der Waals surface area contributed by atoms with E-state index in [1.807, 2.05) is 18.2 Å². The van der Waals surface area contributed by atoms with Crippen LogP contribution in [0.2, 0.25) is 0 Å². The van der Waals surface area contributed by atoms with Gasteiger partial charge in [-0.05, 0) is 83.7 Å². The van der Waals surface area contributed by atoms with Gasteiger partial charge in [0.15, 0.2) is 0 Å². The number of anilines is 2. The van der Waals surface area contributed by atoms with Crippen molar-refractivity contribution in [3.8, 4) is 44.8 Å². The molecule has 0 amide bonds. The minimum absolute atomic E-state index is 0.873. The van der Waals surface area contributed by atoms with Crippen molar-refractivity contribution in [3.05, 3.63) is 169 Å². The smallest absolute Gasteiger partial charge is 0.115 e. The minimum Gasteiger partial charge on any atom is -0.312 e. The number of aliphatic imine (C=N–C) groups is 2. The molecule has 0 saturated heterocycles. The van der Waals surface area contributed by atoms with Crippen LogP contribution in [0.5, 0.6) is 0 Å². The van der Waals surface area contributed by atoms with Crippen LogP contribution in [0.3, 0.4) is 0 Å². The maximum Gasteiger partial charge on any atom is 0.115 e. The fraction of sp³-hybridized carbons (Fsp3) is 0.0227. The molecule has 0 saturated carbocycles. The molecule has 0 N–H and O–H groups in total. The maximum absolute atomic E-state index is 5.14. The highest BCUT2D eigenvalue weighted by Crippen LogP contribution is 2.47. The number of hydrogen-bond donors (Lipinski definition) is 0. The molecule has 0 spiro atoms. The number of pyridine rings is 1. The van der Waals surface area contributed by atoms with Crippen molar-refractivity contribution in [2.75, 3.05) is 4.90 Å². The van der Waals surface area contributed by atoms with Crippen molar-refractivity contribution in [2.45, 2.75) is 6.92 Å². The molecule has 1 aliphatic heterocycles. The Kier molecular flexibility index (Phi) is 7.52. The average Bonchev–Trinajstić information content (AvgIpc) is 3.16. The van der Waals surface area contributed by atoms with Crippen LogP contribution >= 0.6 is 0 Å². The molecule has 4 heteroatoms. The summed E-state index contributed by atoms with van der Waals surface area (Å²) in [7, 11) is 0. The Balaban J connectivity index is 1.25. The number of aromatic nitrogens is 1. The summed E-state index contributed by atoms with van der Waals surface area (Å²) in [4.78, 5) is 16.2. The van der Waals surface area contributed by atoms with Crippen molar-refractivity contribution < 1.29 is 0 Å². The first kappa shape index (κ1) is 29.0. The van der Waals surface area contributed by atoms with E-state index in [9.17, 15) is 0 Å². The topological polar surface area (TPSA) is 40.9 Å². The first-order valence-corrected chi connectivity index (χ1v) is 16.0. The van der Waals surface area contributed by atoms with Crippen molar-refractivity contribution in [2.24, 2.45) is 9.98 Å². The zero-order chi connectivity index (χ0) is 32.5. The Bertz CT molecular complexity index is 2280. The fourth-order valence-corrected chi connectivity index (χ4v) is 6.67. The molecular weight excluding hydrogens is 585 g/mol. The lowest BCUT2D eigenvalue weighted by Crippen LogP contribution is -2.19. The number of nitrogens with zero attached hydrogens (tertiary/aromatic N) is 4. The molecule has 8 rings (SSSR count). The van der Waals surface area contributed by atoms with E-state index in [0.29, 0.717) is 0 Å². The molecule has 228 valence electrons. The summed E-state index contributed by atoms with van der Waals surface area (Å²) in [6.45, 7) is 5.78. The third-order valence-corrected chi connectivity index (χ3v) is 8.93. The number of rotatable bonds is 7. The van der Waals surface area contributed by atoms with Gasteiger partial charge < -0.3 is 4.90 Å². The van der Waals surface area contributed by atoms with E-state index in [1.54, 1.807) is 0 Å².